The average molecular weight is 508 g/mol. The summed E-state index contributed by atoms with van der Waals surface area (Å²) >= 11 is 0. The molecule has 1 aromatic carbocycles. The Labute approximate surface area is 216 Å². The molecule has 2 N–H and O–H groups in total. The highest BCUT2D eigenvalue weighted by atomic mass is 19.1. The van der Waals surface area contributed by atoms with Gasteiger partial charge in [0.25, 0.3) is 0 Å². The molecule has 2 saturated heterocycles. The Morgan fingerprint density at radius 1 is 1.05 bits per heavy atom. The second kappa shape index (κ2) is 10.4. The van der Waals surface area contributed by atoms with Crippen LogP contribution in [-0.4, -0.2) is 56.4 Å². The second-order valence-corrected chi connectivity index (χ2v) is 10.7. The molecule has 3 aromatic rings. The number of H-pyrrole nitrogens is 1. The Morgan fingerprint density at radius 3 is 2.54 bits per heavy atom. The summed E-state index contributed by atoms with van der Waals surface area (Å²) in [5.74, 6) is 2.24. The fraction of sp³-hybridized carbons (Fsp3) is 0.481. The van der Waals surface area contributed by atoms with Gasteiger partial charge in [-0.2, -0.15) is 5.10 Å². The third kappa shape index (κ3) is 6.00. The molecule has 1 unspecified atom stereocenters. The van der Waals surface area contributed by atoms with Crippen LogP contribution in [-0.2, 0) is 4.74 Å². The van der Waals surface area contributed by atoms with Crippen molar-refractivity contribution in [3.8, 4) is 0 Å². The maximum absolute atomic E-state index is 13.4. The molecule has 0 spiro atoms. The molecule has 10 heteroatoms. The lowest BCUT2D eigenvalue weighted by atomic mass is 9.94. The monoisotopic (exact) mass is 507 g/mol. The van der Waals surface area contributed by atoms with E-state index in [0.717, 1.165) is 49.3 Å². The van der Waals surface area contributed by atoms with Crippen molar-refractivity contribution >= 4 is 23.5 Å². The Hall–Kier alpha value is -3.69. The first kappa shape index (κ1) is 25.0. The van der Waals surface area contributed by atoms with E-state index in [2.05, 4.69) is 30.4 Å². The van der Waals surface area contributed by atoms with Gasteiger partial charge in [-0.25, -0.2) is 19.2 Å². The molecule has 0 radical (unpaired) electrons. The number of likely N-dealkylation sites (tertiary alicyclic amines) is 1. The van der Waals surface area contributed by atoms with E-state index in [1.54, 1.807) is 11.2 Å². The zero-order valence-corrected chi connectivity index (χ0v) is 21.6. The summed E-state index contributed by atoms with van der Waals surface area (Å²) in [7, 11) is 0. The minimum absolute atomic E-state index is 0.159. The number of hydrogen-bond donors (Lipinski definition) is 2. The number of hydrogen-bond acceptors (Lipinski definition) is 7. The third-order valence-electron chi connectivity index (χ3n) is 6.89. The predicted octanol–water partition coefficient (Wildman–Crippen LogP) is 5.54. The number of amides is 1. The van der Waals surface area contributed by atoms with Gasteiger partial charge in [0.15, 0.2) is 5.82 Å². The summed E-state index contributed by atoms with van der Waals surface area (Å²) in [5.41, 5.74) is 1.63. The Kier molecular flexibility index (Phi) is 6.99. The Bertz CT molecular complexity index is 1220. The number of benzene rings is 1. The van der Waals surface area contributed by atoms with Crippen molar-refractivity contribution in [3.63, 3.8) is 0 Å². The summed E-state index contributed by atoms with van der Waals surface area (Å²) in [6.45, 7) is 7.83. The van der Waals surface area contributed by atoms with Crippen molar-refractivity contribution in [1.29, 1.82) is 0 Å². The van der Waals surface area contributed by atoms with Crippen molar-refractivity contribution in [1.82, 2.24) is 25.1 Å². The number of ether oxygens (including phenoxy) is 1. The Balaban J connectivity index is 1.21. The van der Waals surface area contributed by atoms with E-state index in [4.69, 9.17) is 4.74 Å². The SMILES string of the molecule is CC(C)(C)OC(=O)N1CCC(c2cc(Nc3cc(N4CCCC4c4ccc(F)cc4)ncn3)n[nH]2)CC1. The topological polar surface area (TPSA) is 99.3 Å². The number of carbonyl (C=O) groups excluding carboxylic acids is 1. The molecular weight excluding hydrogens is 473 g/mol. The van der Waals surface area contributed by atoms with Gasteiger partial charge in [-0.15, -0.1) is 0 Å². The van der Waals surface area contributed by atoms with Gasteiger partial charge in [-0.3, -0.25) is 5.10 Å². The summed E-state index contributed by atoms with van der Waals surface area (Å²) in [6, 6.07) is 10.8. The number of piperidine rings is 1. The molecule has 2 aliphatic heterocycles. The molecule has 1 amide bonds. The van der Waals surface area contributed by atoms with Crippen LogP contribution in [0.25, 0.3) is 0 Å². The first-order valence-corrected chi connectivity index (χ1v) is 12.9. The van der Waals surface area contributed by atoms with Crippen molar-refractivity contribution < 1.29 is 13.9 Å². The van der Waals surface area contributed by atoms with Crippen LogP contribution in [0.5, 0.6) is 0 Å². The molecule has 37 heavy (non-hydrogen) atoms. The average Bonchev–Trinajstić information content (AvgIpc) is 3.54. The normalized spacial score (nSPS) is 18.8. The predicted molar refractivity (Wildman–Crippen MR) is 139 cm³/mol. The van der Waals surface area contributed by atoms with Crippen molar-refractivity contribution in [2.75, 3.05) is 29.9 Å². The number of nitrogens with zero attached hydrogens (tertiary/aromatic N) is 5. The number of carbonyl (C=O) groups is 1. The van der Waals surface area contributed by atoms with Gasteiger partial charge in [-0.05, 0) is 64.2 Å². The number of nitrogens with one attached hydrogen (secondary N) is 2. The summed E-state index contributed by atoms with van der Waals surface area (Å²) < 4.78 is 18.9. The fourth-order valence-corrected chi connectivity index (χ4v) is 5.09. The lowest BCUT2D eigenvalue weighted by Gasteiger charge is -2.33. The molecule has 4 heterocycles. The van der Waals surface area contributed by atoms with Gasteiger partial charge in [0.2, 0.25) is 0 Å². The molecule has 1 atom stereocenters. The van der Waals surface area contributed by atoms with Crippen LogP contribution in [0.3, 0.4) is 0 Å². The molecular formula is C27H34FN7O2. The largest absolute Gasteiger partial charge is 0.444 e. The highest BCUT2D eigenvalue weighted by molar-refractivity contribution is 5.68. The molecule has 196 valence electrons. The summed E-state index contributed by atoms with van der Waals surface area (Å²) in [4.78, 5) is 25.3. The molecule has 2 aromatic heterocycles. The van der Waals surface area contributed by atoms with Gasteiger partial charge >= 0.3 is 6.09 Å². The van der Waals surface area contributed by atoms with Crippen LogP contribution >= 0.6 is 0 Å². The van der Waals surface area contributed by atoms with Crippen LogP contribution in [0.1, 0.15) is 69.7 Å². The number of rotatable bonds is 5. The highest BCUT2D eigenvalue weighted by Gasteiger charge is 2.29. The molecule has 5 rings (SSSR count). The molecule has 9 nitrogen and oxygen atoms in total. The van der Waals surface area contributed by atoms with Crippen LogP contribution in [0.15, 0.2) is 42.7 Å². The standard InChI is InChI=1S/C27H34FN7O2/c1-27(2,3)37-26(36)34-13-10-18(11-14-34)21-15-24(33-32-21)31-23-16-25(30-17-29-23)35-12-4-5-22(35)19-6-8-20(28)9-7-19/h6-9,15-18,22H,4-5,10-14H2,1-3H3,(H2,29,30,31,32,33). The van der Waals surface area contributed by atoms with Gasteiger partial charge in [0.1, 0.15) is 29.4 Å². The minimum atomic E-state index is -0.491. The molecule has 0 bridgehead atoms. The van der Waals surface area contributed by atoms with Gasteiger partial charge < -0.3 is 19.9 Å². The van der Waals surface area contributed by atoms with E-state index >= 15 is 0 Å². The van der Waals surface area contributed by atoms with E-state index in [1.807, 2.05) is 45.0 Å². The summed E-state index contributed by atoms with van der Waals surface area (Å²) in [6.07, 6.45) is 5.03. The van der Waals surface area contributed by atoms with E-state index in [9.17, 15) is 9.18 Å². The first-order valence-electron chi connectivity index (χ1n) is 12.9. The van der Waals surface area contributed by atoms with Crippen molar-refractivity contribution in [2.24, 2.45) is 0 Å². The fourth-order valence-electron chi connectivity index (χ4n) is 5.09. The zero-order chi connectivity index (χ0) is 26.0. The molecule has 2 aliphatic rings. The lowest BCUT2D eigenvalue weighted by Crippen LogP contribution is -2.41. The van der Waals surface area contributed by atoms with Crippen LogP contribution < -0.4 is 10.2 Å². The lowest BCUT2D eigenvalue weighted by molar-refractivity contribution is 0.0204. The van der Waals surface area contributed by atoms with E-state index in [-0.39, 0.29) is 18.0 Å². The summed E-state index contributed by atoms with van der Waals surface area (Å²) in [5, 5.41) is 10.9. The van der Waals surface area contributed by atoms with Gasteiger partial charge in [0, 0.05) is 43.4 Å². The van der Waals surface area contributed by atoms with E-state index in [0.29, 0.717) is 30.6 Å². The van der Waals surface area contributed by atoms with Crippen LogP contribution in [0, 0.1) is 5.82 Å². The molecule has 0 saturated carbocycles. The van der Waals surface area contributed by atoms with E-state index in [1.165, 1.54) is 12.1 Å². The third-order valence-corrected chi connectivity index (χ3v) is 6.89. The maximum atomic E-state index is 13.4. The quantitative estimate of drug-likeness (QED) is 0.468. The number of aromatic amines is 1. The van der Waals surface area contributed by atoms with Crippen molar-refractivity contribution in [3.05, 3.63) is 59.8 Å². The van der Waals surface area contributed by atoms with Crippen LogP contribution in [0.4, 0.5) is 26.6 Å². The van der Waals surface area contributed by atoms with E-state index < -0.39 is 5.60 Å². The molecule has 0 aliphatic carbocycles. The highest BCUT2D eigenvalue weighted by Crippen LogP contribution is 2.36. The van der Waals surface area contributed by atoms with Crippen molar-refractivity contribution in [2.45, 2.75) is 64.0 Å². The Morgan fingerprint density at radius 2 is 1.81 bits per heavy atom. The second-order valence-electron chi connectivity index (χ2n) is 10.7. The first-order chi connectivity index (χ1) is 17.7. The van der Waals surface area contributed by atoms with Gasteiger partial charge in [0.05, 0.1) is 6.04 Å². The molecule has 2 fully saturated rings. The minimum Gasteiger partial charge on any atom is -0.444 e. The zero-order valence-electron chi connectivity index (χ0n) is 21.6. The number of anilines is 3. The number of halogens is 1. The van der Waals surface area contributed by atoms with Crippen LogP contribution in [0.2, 0.25) is 0 Å². The van der Waals surface area contributed by atoms with Gasteiger partial charge in [-0.1, -0.05) is 12.1 Å². The maximum Gasteiger partial charge on any atom is 0.410 e. The number of aromatic nitrogens is 4. The smallest absolute Gasteiger partial charge is 0.410 e.